The van der Waals surface area contributed by atoms with Crippen LogP contribution in [0.15, 0.2) is 41.1 Å². The van der Waals surface area contributed by atoms with Crippen LogP contribution in [0.4, 0.5) is 0 Å². The molecule has 154 valence electrons. The number of fused-ring (bicyclic) bond motifs is 1. The third kappa shape index (κ3) is 2.98. The minimum absolute atomic E-state index is 0.00266. The minimum Gasteiger partial charge on any atom is -0.493 e. The average molecular weight is 403 g/mol. The van der Waals surface area contributed by atoms with E-state index in [0.717, 1.165) is 5.57 Å². The fraction of sp³-hybridized carbons (Fsp3) is 0.435. The molecule has 1 heterocycles. The number of rotatable bonds is 4. The summed E-state index contributed by atoms with van der Waals surface area (Å²) in [7, 11) is 3.06. The molecule has 2 atom stereocenters. The second-order valence-corrected chi connectivity index (χ2v) is 7.81. The molecule has 1 aliphatic heterocycles. The molecule has 1 aliphatic carbocycles. The van der Waals surface area contributed by atoms with Gasteiger partial charge in [0.05, 0.1) is 43.7 Å². The van der Waals surface area contributed by atoms with Crippen molar-refractivity contribution in [1.29, 1.82) is 15.8 Å². The minimum atomic E-state index is -1.74. The molecule has 7 heteroatoms. The van der Waals surface area contributed by atoms with Gasteiger partial charge >= 0.3 is 0 Å². The summed E-state index contributed by atoms with van der Waals surface area (Å²) in [4.78, 5) is 2.26. The molecule has 0 radical (unpaired) electrons. The molecule has 0 bridgehead atoms. The van der Waals surface area contributed by atoms with Crippen molar-refractivity contribution in [3.8, 4) is 29.7 Å². The average Bonchev–Trinajstić information content (AvgIpc) is 2.77. The zero-order valence-corrected chi connectivity index (χ0v) is 17.6. The van der Waals surface area contributed by atoms with Crippen molar-refractivity contribution in [1.82, 2.24) is 4.90 Å². The van der Waals surface area contributed by atoms with Crippen molar-refractivity contribution in [2.45, 2.75) is 25.8 Å². The largest absolute Gasteiger partial charge is 0.493 e. The van der Waals surface area contributed by atoms with Gasteiger partial charge in [-0.1, -0.05) is 18.2 Å². The highest BCUT2D eigenvalue weighted by Gasteiger charge is 2.56. The highest BCUT2D eigenvalue weighted by molar-refractivity contribution is 5.62. The van der Waals surface area contributed by atoms with E-state index < -0.39 is 11.3 Å². The van der Waals surface area contributed by atoms with Crippen LogP contribution in [0, 0.1) is 45.3 Å². The van der Waals surface area contributed by atoms with E-state index in [0.29, 0.717) is 30.2 Å². The molecule has 2 unspecified atom stereocenters. The van der Waals surface area contributed by atoms with Crippen LogP contribution < -0.4 is 15.2 Å². The number of nitrogens with zero attached hydrogens (tertiary/aromatic N) is 4. The predicted molar refractivity (Wildman–Crippen MR) is 111 cm³/mol. The normalized spacial score (nSPS) is 22.9. The van der Waals surface area contributed by atoms with Crippen LogP contribution in [0.1, 0.15) is 25.3 Å². The number of hydrogen-bond donors (Lipinski definition) is 1. The lowest BCUT2D eigenvalue weighted by Gasteiger charge is -2.46. The lowest BCUT2D eigenvalue weighted by atomic mass is 9.57. The second kappa shape index (κ2) is 8.11. The Morgan fingerprint density at radius 3 is 2.40 bits per heavy atom. The van der Waals surface area contributed by atoms with Crippen LogP contribution in [0.3, 0.4) is 0 Å². The Labute approximate surface area is 177 Å². The van der Waals surface area contributed by atoms with Gasteiger partial charge in [-0.3, -0.25) is 4.90 Å². The van der Waals surface area contributed by atoms with Crippen LogP contribution in [0.2, 0.25) is 0 Å². The van der Waals surface area contributed by atoms with E-state index in [1.165, 1.54) is 14.2 Å². The van der Waals surface area contributed by atoms with Gasteiger partial charge in [0.25, 0.3) is 0 Å². The molecule has 2 aliphatic rings. The van der Waals surface area contributed by atoms with Crippen molar-refractivity contribution in [2.24, 2.45) is 17.1 Å². The fourth-order valence-corrected chi connectivity index (χ4v) is 4.65. The van der Waals surface area contributed by atoms with Crippen molar-refractivity contribution in [2.75, 3.05) is 27.3 Å². The molecule has 0 spiro atoms. The van der Waals surface area contributed by atoms with Crippen molar-refractivity contribution >= 4 is 0 Å². The van der Waals surface area contributed by atoms with Crippen LogP contribution in [0.25, 0.3) is 0 Å². The van der Waals surface area contributed by atoms with Crippen LogP contribution >= 0.6 is 0 Å². The lowest BCUT2D eigenvalue weighted by Crippen LogP contribution is -2.49. The molecule has 0 saturated carbocycles. The Hall–Kier alpha value is -3.47. The summed E-state index contributed by atoms with van der Waals surface area (Å²) in [6.45, 7) is 5.51. The van der Waals surface area contributed by atoms with Crippen molar-refractivity contribution < 1.29 is 9.47 Å². The van der Waals surface area contributed by atoms with Gasteiger partial charge in [0.1, 0.15) is 0 Å². The van der Waals surface area contributed by atoms with Crippen LogP contribution in [-0.2, 0) is 0 Å². The van der Waals surface area contributed by atoms with Gasteiger partial charge in [-0.15, -0.1) is 0 Å². The third-order valence-corrected chi connectivity index (χ3v) is 6.18. The van der Waals surface area contributed by atoms with Crippen molar-refractivity contribution in [3.63, 3.8) is 0 Å². The number of allylic oxidation sites excluding steroid dienone is 2. The summed E-state index contributed by atoms with van der Waals surface area (Å²) in [5.41, 5.74) is 6.35. The Morgan fingerprint density at radius 2 is 1.87 bits per heavy atom. The summed E-state index contributed by atoms with van der Waals surface area (Å²) < 4.78 is 11.1. The summed E-state index contributed by atoms with van der Waals surface area (Å²) in [6.07, 6.45) is 2.01. The van der Waals surface area contributed by atoms with Gasteiger partial charge in [-0.25, -0.2) is 0 Å². The van der Waals surface area contributed by atoms with Crippen molar-refractivity contribution in [3.05, 3.63) is 46.7 Å². The Morgan fingerprint density at radius 1 is 1.17 bits per heavy atom. The Balaban J connectivity index is 2.38. The summed E-state index contributed by atoms with van der Waals surface area (Å²) in [5, 5.41) is 30.4. The summed E-state index contributed by atoms with van der Waals surface area (Å²) >= 11 is 0. The molecule has 3 rings (SSSR count). The van der Waals surface area contributed by atoms with E-state index >= 15 is 0 Å². The van der Waals surface area contributed by atoms with Gasteiger partial charge < -0.3 is 15.2 Å². The van der Waals surface area contributed by atoms with Crippen LogP contribution in [-0.4, -0.2) is 38.3 Å². The Kier molecular flexibility index (Phi) is 5.74. The SMILES string of the molecule is COc1cccc(C2C3CN(C(C)C)CC=C3C(N)=C(C#N)C2(C#N)C#N)c1OC. The first-order valence-electron chi connectivity index (χ1n) is 9.78. The highest BCUT2D eigenvalue weighted by Crippen LogP contribution is 2.57. The number of para-hydroxylation sites is 1. The number of ether oxygens (including phenoxy) is 2. The predicted octanol–water partition coefficient (Wildman–Crippen LogP) is 2.84. The topological polar surface area (TPSA) is 119 Å². The van der Waals surface area contributed by atoms with E-state index in [9.17, 15) is 15.8 Å². The monoisotopic (exact) mass is 403 g/mol. The van der Waals surface area contributed by atoms with Gasteiger partial charge in [-0.05, 0) is 25.5 Å². The molecule has 0 amide bonds. The van der Waals surface area contributed by atoms with Gasteiger partial charge in [0.2, 0.25) is 0 Å². The third-order valence-electron chi connectivity index (χ3n) is 6.18. The van der Waals surface area contributed by atoms with Crippen LogP contribution in [0.5, 0.6) is 11.5 Å². The first-order valence-corrected chi connectivity index (χ1v) is 9.78. The number of hydrogen-bond acceptors (Lipinski definition) is 7. The lowest BCUT2D eigenvalue weighted by molar-refractivity contribution is 0.173. The van der Waals surface area contributed by atoms with E-state index in [-0.39, 0.29) is 23.2 Å². The maximum atomic E-state index is 10.2. The maximum Gasteiger partial charge on any atom is 0.187 e. The molecule has 1 aromatic rings. The quantitative estimate of drug-likeness (QED) is 0.821. The Bertz CT molecular complexity index is 1020. The van der Waals surface area contributed by atoms with E-state index in [1.807, 2.05) is 12.1 Å². The smallest absolute Gasteiger partial charge is 0.187 e. The molecular formula is C23H25N5O2. The molecule has 7 nitrogen and oxygen atoms in total. The standard InChI is InChI=1S/C23H25N5O2/c1-14(2)28-9-8-15-17(11-28)20(16-6-5-7-19(29-3)22(16)30-4)23(12-25,13-26)18(10-24)21(15)27/h5-8,14,17,20H,9,11,27H2,1-4H3. The molecule has 2 N–H and O–H groups in total. The fourth-order valence-electron chi connectivity index (χ4n) is 4.65. The van der Waals surface area contributed by atoms with Gasteiger partial charge in [-0.2, -0.15) is 15.8 Å². The highest BCUT2D eigenvalue weighted by atomic mass is 16.5. The number of benzene rings is 1. The van der Waals surface area contributed by atoms with E-state index in [4.69, 9.17) is 15.2 Å². The summed E-state index contributed by atoms with van der Waals surface area (Å²) in [5.74, 6) is 0.0624. The first-order chi connectivity index (χ1) is 14.4. The van der Waals surface area contributed by atoms with E-state index in [2.05, 4.69) is 37.0 Å². The molecule has 0 fully saturated rings. The second-order valence-electron chi connectivity index (χ2n) is 7.81. The summed E-state index contributed by atoms with van der Waals surface area (Å²) in [6, 6.07) is 12.0. The zero-order valence-electron chi connectivity index (χ0n) is 17.6. The van der Waals surface area contributed by atoms with E-state index in [1.54, 1.807) is 12.1 Å². The zero-order chi connectivity index (χ0) is 22.1. The van der Waals surface area contributed by atoms with Gasteiger partial charge in [0, 0.05) is 36.5 Å². The van der Waals surface area contributed by atoms with Gasteiger partial charge in [0.15, 0.2) is 16.9 Å². The molecule has 0 aromatic heterocycles. The molecular weight excluding hydrogens is 378 g/mol. The first kappa shape index (κ1) is 21.2. The molecule has 30 heavy (non-hydrogen) atoms. The number of nitrogens with two attached hydrogens (primary N) is 1. The molecule has 0 saturated heterocycles. The maximum absolute atomic E-state index is 10.2. The number of methoxy groups -OCH3 is 2. The number of nitriles is 3. The molecule has 1 aromatic carbocycles.